The molecule has 0 saturated carbocycles. The first-order valence-electron chi connectivity index (χ1n) is 9.59. The van der Waals surface area contributed by atoms with Gasteiger partial charge in [-0.05, 0) is 49.7 Å². The first-order chi connectivity index (χ1) is 13.9. The van der Waals surface area contributed by atoms with Crippen molar-refractivity contribution < 1.29 is 19.1 Å². The predicted octanol–water partition coefficient (Wildman–Crippen LogP) is 2.26. The van der Waals surface area contributed by atoms with Crippen LogP contribution < -0.4 is 15.1 Å². The molecule has 2 fully saturated rings. The van der Waals surface area contributed by atoms with Gasteiger partial charge in [-0.3, -0.25) is 14.4 Å². The van der Waals surface area contributed by atoms with Crippen molar-refractivity contribution in [3.8, 4) is 0 Å². The summed E-state index contributed by atoms with van der Waals surface area (Å²) < 4.78 is 5.19. The van der Waals surface area contributed by atoms with Crippen molar-refractivity contribution in [1.82, 2.24) is 5.32 Å². The van der Waals surface area contributed by atoms with Gasteiger partial charge in [0.25, 0.3) is 11.8 Å². The molecule has 7 nitrogen and oxygen atoms in total. The van der Waals surface area contributed by atoms with E-state index in [-0.39, 0.29) is 36.8 Å². The number of ether oxygens (including phenoxy) is 1. The van der Waals surface area contributed by atoms with Crippen molar-refractivity contribution in [3.63, 3.8) is 0 Å². The zero-order valence-electron chi connectivity index (χ0n) is 16.4. The standard InChI is InChI=1S/C21H23N3O4S/c1-13-9-16(4-5-17(13)23-7-8-28-12-20(23)26)24-11-15(10-19(24)25)22-21(27)18-6-3-14(2)29-18/h3-6,9,15H,7-8,10-12H2,1-2H3,(H,22,27). The van der Waals surface area contributed by atoms with Crippen LogP contribution in [0.2, 0.25) is 0 Å². The summed E-state index contributed by atoms with van der Waals surface area (Å²) in [5.41, 5.74) is 2.54. The Balaban J connectivity index is 1.46. The third kappa shape index (κ3) is 4.04. The zero-order valence-corrected chi connectivity index (χ0v) is 17.3. The summed E-state index contributed by atoms with van der Waals surface area (Å²) in [5.74, 6) is -0.219. The molecule has 2 aromatic rings. The first-order valence-corrected chi connectivity index (χ1v) is 10.4. The van der Waals surface area contributed by atoms with Crippen LogP contribution in [0.4, 0.5) is 11.4 Å². The molecule has 1 N–H and O–H groups in total. The molecule has 0 bridgehead atoms. The number of nitrogens with zero attached hydrogens (tertiary/aromatic N) is 2. The molecule has 0 radical (unpaired) electrons. The fourth-order valence-electron chi connectivity index (χ4n) is 3.75. The van der Waals surface area contributed by atoms with Crippen LogP contribution in [-0.4, -0.2) is 50.1 Å². The average Bonchev–Trinajstić information content (AvgIpc) is 3.28. The van der Waals surface area contributed by atoms with Gasteiger partial charge in [-0.2, -0.15) is 0 Å². The number of amides is 3. The molecule has 152 valence electrons. The Hall–Kier alpha value is -2.71. The molecular weight excluding hydrogens is 390 g/mol. The third-order valence-electron chi connectivity index (χ3n) is 5.19. The molecule has 4 rings (SSSR count). The van der Waals surface area contributed by atoms with E-state index in [4.69, 9.17) is 4.74 Å². The van der Waals surface area contributed by atoms with Gasteiger partial charge in [-0.15, -0.1) is 11.3 Å². The highest BCUT2D eigenvalue weighted by Gasteiger charge is 2.32. The lowest BCUT2D eigenvalue weighted by Gasteiger charge is -2.29. The third-order valence-corrected chi connectivity index (χ3v) is 6.19. The van der Waals surface area contributed by atoms with E-state index in [1.54, 1.807) is 15.9 Å². The molecule has 1 atom stereocenters. The van der Waals surface area contributed by atoms with E-state index in [1.807, 2.05) is 38.1 Å². The van der Waals surface area contributed by atoms with Gasteiger partial charge in [0.1, 0.15) is 6.61 Å². The number of carbonyl (C=O) groups is 3. The van der Waals surface area contributed by atoms with Crippen molar-refractivity contribution in [2.75, 3.05) is 36.1 Å². The van der Waals surface area contributed by atoms with E-state index >= 15 is 0 Å². The molecule has 1 aromatic carbocycles. The van der Waals surface area contributed by atoms with Crippen LogP contribution in [0.25, 0.3) is 0 Å². The molecule has 0 aliphatic carbocycles. The summed E-state index contributed by atoms with van der Waals surface area (Å²) in [6.07, 6.45) is 0.277. The van der Waals surface area contributed by atoms with Crippen LogP contribution in [0.5, 0.6) is 0 Å². The highest BCUT2D eigenvalue weighted by molar-refractivity contribution is 7.13. The van der Waals surface area contributed by atoms with Crippen LogP contribution in [-0.2, 0) is 14.3 Å². The topological polar surface area (TPSA) is 79.0 Å². The number of thiophene rings is 1. The monoisotopic (exact) mass is 413 g/mol. The van der Waals surface area contributed by atoms with Crippen molar-refractivity contribution in [2.45, 2.75) is 26.3 Å². The second kappa shape index (κ2) is 7.96. The number of hydrogen-bond donors (Lipinski definition) is 1. The van der Waals surface area contributed by atoms with Gasteiger partial charge < -0.3 is 19.9 Å². The number of carbonyl (C=O) groups excluding carboxylic acids is 3. The van der Waals surface area contributed by atoms with E-state index in [2.05, 4.69) is 5.32 Å². The molecule has 3 heterocycles. The van der Waals surface area contributed by atoms with E-state index in [1.165, 1.54) is 11.3 Å². The number of rotatable bonds is 4. The quantitative estimate of drug-likeness (QED) is 0.834. The fourth-order valence-corrected chi connectivity index (χ4v) is 4.52. The van der Waals surface area contributed by atoms with Gasteiger partial charge in [0.2, 0.25) is 5.91 Å². The molecule has 2 aliphatic heterocycles. The van der Waals surface area contributed by atoms with Gasteiger partial charge >= 0.3 is 0 Å². The molecule has 3 amide bonds. The van der Waals surface area contributed by atoms with Gasteiger partial charge in [0, 0.05) is 35.8 Å². The maximum absolute atomic E-state index is 12.6. The summed E-state index contributed by atoms with van der Waals surface area (Å²) in [6, 6.07) is 9.15. The van der Waals surface area contributed by atoms with Crippen molar-refractivity contribution >= 4 is 40.4 Å². The molecule has 2 saturated heterocycles. The second-order valence-electron chi connectivity index (χ2n) is 7.36. The van der Waals surface area contributed by atoms with Crippen molar-refractivity contribution in [3.05, 3.63) is 45.6 Å². The van der Waals surface area contributed by atoms with E-state index < -0.39 is 0 Å². The maximum Gasteiger partial charge on any atom is 0.261 e. The number of anilines is 2. The summed E-state index contributed by atoms with van der Waals surface area (Å²) in [6.45, 7) is 5.46. The summed E-state index contributed by atoms with van der Waals surface area (Å²) >= 11 is 1.44. The lowest BCUT2D eigenvalue weighted by Crippen LogP contribution is -2.42. The number of morpholine rings is 1. The molecular formula is C21H23N3O4S. The highest BCUT2D eigenvalue weighted by Crippen LogP contribution is 2.29. The van der Waals surface area contributed by atoms with E-state index in [9.17, 15) is 14.4 Å². The Labute approximate surface area is 173 Å². The average molecular weight is 413 g/mol. The molecule has 2 aliphatic rings. The number of hydrogen-bond acceptors (Lipinski definition) is 5. The Morgan fingerprint density at radius 1 is 1.14 bits per heavy atom. The van der Waals surface area contributed by atoms with Crippen molar-refractivity contribution in [1.29, 1.82) is 0 Å². The van der Waals surface area contributed by atoms with Crippen LogP contribution in [0.1, 0.15) is 26.5 Å². The lowest BCUT2D eigenvalue weighted by molar-refractivity contribution is -0.125. The smallest absolute Gasteiger partial charge is 0.261 e. The zero-order chi connectivity index (χ0) is 20.5. The summed E-state index contributed by atoms with van der Waals surface area (Å²) in [7, 11) is 0. The lowest BCUT2D eigenvalue weighted by atomic mass is 10.1. The van der Waals surface area contributed by atoms with Crippen LogP contribution in [0, 0.1) is 13.8 Å². The van der Waals surface area contributed by atoms with E-state index in [0.717, 1.165) is 21.8 Å². The van der Waals surface area contributed by atoms with E-state index in [0.29, 0.717) is 24.6 Å². The van der Waals surface area contributed by atoms with Gasteiger partial charge in [0.15, 0.2) is 0 Å². The Kier molecular flexibility index (Phi) is 5.38. The Morgan fingerprint density at radius 2 is 1.97 bits per heavy atom. The second-order valence-corrected chi connectivity index (χ2v) is 8.65. The number of benzene rings is 1. The minimum Gasteiger partial charge on any atom is -0.370 e. The largest absolute Gasteiger partial charge is 0.370 e. The van der Waals surface area contributed by atoms with Crippen LogP contribution in [0.15, 0.2) is 30.3 Å². The number of nitrogens with one attached hydrogen (secondary N) is 1. The van der Waals surface area contributed by atoms with Crippen LogP contribution in [0.3, 0.4) is 0 Å². The summed E-state index contributed by atoms with van der Waals surface area (Å²) in [4.78, 5) is 42.2. The molecule has 29 heavy (non-hydrogen) atoms. The number of aryl methyl sites for hydroxylation is 2. The first kappa shape index (κ1) is 19.6. The Morgan fingerprint density at radius 3 is 2.66 bits per heavy atom. The van der Waals surface area contributed by atoms with Crippen LogP contribution >= 0.6 is 11.3 Å². The Bertz CT molecular complexity index is 971. The van der Waals surface area contributed by atoms with Crippen molar-refractivity contribution in [2.24, 2.45) is 0 Å². The minimum absolute atomic E-state index is 0.0211. The summed E-state index contributed by atoms with van der Waals surface area (Å²) in [5, 5.41) is 2.96. The van der Waals surface area contributed by atoms with Gasteiger partial charge in [-0.25, -0.2) is 0 Å². The normalized spacial score (nSPS) is 19.7. The van der Waals surface area contributed by atoms with Gasteiger partial charge in [-0.1, -0.05) is 0 Å². The molecule has 8 heteroatoms. The predicted molar refractivity (Wildman–Crippen MR) is 112 cm³/mol. The highest BCUT2D eigenvalue weighted by atomic mass is 32.1. The molecule has 1 aromatic heterocycles. The maximum atomic E-state index is 12.6. The molecule has 1 unspecified atom stereocenters. The fraction of sp³-hybridized carbons (Fsp3) is 0.381. The SMILES string of the molecule is Cc1ccc(C(=O)NC2CC(=O)N(c3ccc(N4CCOCC4=O)c(C)c3)C2)s1. The van der Waals surface area contributed by atoms with Gasteiger partial charge in [0.05, 0.1) is 17.5 Å². The molecule has 0 spiro atoms. The minimum atomic E-state index is -0.224.